The van der Waals surface area contributed by atoms with Crippen molar-refractivity contribution in [2.45, 2.75) is 6.92 Å². The van der Waals surface area contributed by atoms with E-state index in [2.05, 4.69) is 21.2 Å². The lowest BCUT2D eigenvalue weighted by atomic mass is 10.1. The van der Waals surface area contributed by atoms with Gasteiger partial charge in [-0.25, -0.2) is 0 Å². The second-order valence-electron chi connectivity index (χ2n) is 7.50. The third-order valence-corrected chi connectivity index (χ3v) is 5.74. The molecule has 0 aromatic heterocycles. The van der Waals surface area contributed by atoms with E-state index in [0.29, 0.717) is 38.3 Å². The van der Waals surface area contributed by atoms with Crippen LogP contribution in [0, 0.1) is 6.92 Å². The lowest BCUT2D eigenvalue weighted by Crippen LogP contribution is -2.20. The molecule has 3 aromatic rings. The van der Waals surface area contributed by atoms with Gasteiger partial charge in [0.05, 0.1) is 17.2 Å². The Bertz CT molecular complexity index is 1260. The lowest BCUT2D eigenvalue weighted by Gasteiger charge is -2.14. The van der Waals surface area contributed by atoms with Crippen molar-refractivity contribution in [3.8, 4) is 11.5 Å². The summed E-state index contributed by atoms with van der Waals surface area (Å²) in [6.07, 6.45) is 1.53. The highest BCUT2D eigenvalue weighted by atomic mass is 79.9. The van der Waals surface area contributed by atoms with Crippen LogP contribution in [0.1, 0.15) is 31.8 Å². The standard InChI is InChI=1S/C26H20BrNO5/c1-15-7-9-17(10-8-15)28-23(29)14-33-26-21(27)12-16(13-22(26)32-2)11-20-24(30)18-5-3-4-6-19(18)25(20)31/h3-13H,14H2,1-2H3,(H,28,29). The lowest BCUT2D eigenvalue weighted by molar-refractivity contribution is -0.118. The van der Waals surface area contributed by atoms with Crippen LogP contribution in [0.5, 0.6) is 11.5 Å². The minimum atomic E-state index is -0.320. The van der Waals surface area contributed by atoms with Gasteiger partial charge in [0.25, 0.3) is 5.91 Å². The molecular formula is C26H20BrNO5. The monoisotopic (exact) mass is 505 g/mol. The first kappa shape index (κ1) is 22.5. The average Bonchev–Trinajstić information content (AvgIpc) is 3.04. The summed E-state index contributed by atoms with van der Waals surface area (Å²) in [5.41, 5.74) is 3.25. The highest BCUT2D eigenvalue weighted by molar-refractivity contribution is 9.10. The molecule has 1 amide bonds. The highest BCUT2D eigenvalue weighted by Crippen LogP contribution is 2.38. The number of hydrogen-bond donors (Lipinski definition) is 1. The summed E-state index contributed by atoms with van der Waals surface area (Å²) in [5.74, 6) is -0.239. The van der Waals surface area contributed by atoms with Crippen molar-refractivity contribution in [3.63, 3.8) is 0 Å². The molecule has 0 fully saturated rings. The number of amides is 1. The van der Waals surface area contributed by atoms with Crippen LogP contribution in [-0.4, -0.2) is 31.2 Å². The molecule has 0 atom stereocenters. The van der Waals surface area contributed by atoms with Gasteiger partial charge in [-0.3, -0.25) is 14.4 Å². The maximum absolute atomic E-state index is 12.7. The number of aryl methyl sites for hydroxylation is 1. The summed E-state index contributed by atoms with van der Waals surface area (Å²) < 4.78 is 11.6. The number of nitrogens with one attached hydrogen (secondary N) is 1. The van der Waals surface area contributed by atoms with E-state index >= 15 is 0 Å². The van der Waals surface area contributed by atoms with Crippen LogP contribution in [-0.2, 0) is 4.79 Å². The number of Topliss-reactive ketones (excluding diaryl/α,β-unsaturated/α-hetero) is 2. The largest absolute Gasteiger partial charge is 0.493 e. The van der Waals surface area contributed by atoms with Gasteiger partial charge < -0.3 is 14.8 Å². The molecule has 33 heavy (non-hydrogen) atoms. The molecule has 4 rings (SSSR count). The van der Waals surface area contributed by atoms with Crippen LogP contribution >= 0.6 is 15.9 Å². The quantitative estimate of drug-likeness (QED) is 0.365. The van der Waals surface area contributed by atoms with E-state index in [9.17, 15) is 14.4 Å². The maximum Gasteiger partial charge on any atom is 0.262 e. The number of ketones is 2. The highest BCUT2D eigenvalue weighted by Gasteiger charge is 2.32. The molecule has 0 heterocycles. The van der Waals surface area contributed by atoms with Gasteiger partial charge >= 0.3 is 0 Å². The number of anilines is 1. The fraction of sp³-hybridized carbons (Fsp3) is 0.115. The van der Waals surface area contributed by atoms with Gasteiger partial charge in [-0.2, -0.15) is 0 Å². The van der Waals surface area contributed by atoms with Gasteiger partial charge in [-0.05, 0) is 58.8 Å². The second-order valence-corrected chi connectivity index (χ2v) is 8.35. The molecule has 0 aliphatic heterocycles. The van der Waals surface area contributed by atoms with Crippen molar-refractivity contribution in [1.82, 2.24) is 0 Å². The minimum Gasteiger partial charge on any atom is -0.493 e. The van der Waals surface area contributed by atoms with Crippen molar-refractivity contribution in [1.29, 1.82) is 0 Å². The Labute approximate surface area is 199 Å². The Morgan fingerprint density at radius 1 is 1.00 bits per heavy atom. The molecule has 7 heteroatoms. The van der Waals surface area contributed by atoms with Crippen molar-refractivity contribution >= 4 is 45.2 Å². The zero-order chi connectivity index (χ0) is 23.5. The van der Waals surface area contributed by atoms with Crippen LogP contribution < -0.4 is 14.8 Å². The predicted molar refractivity (Wildman–Crippen MR) is 129 cm³/mol. The molecule has 1 aliphatic carbocycles. The van der Waals surface area contributed by atoms with Crippen LogP contribution in [0.15, 0.2) is 70.7 Å². The van der Waals surface area contributed by atoms with Crippen LogP contribution in [0.3, 0.4) is 0 Å². The molecule has 0 unspecified atom stereocenters. The van der Waals surface area contributed by atoms with Crippen LogP contribution in [0.25, 0.3) is 6.08 Å². The molecule has 1 aliphatic rings. The van der Waals surface area contributed by atoms with Crippen LogP contribution in [0.4, 0.5) is 5.69 Å². The molecule has 166 valence electrons. The number of hydrogen-bond acceptors (Lipinski definition) is 5. The molecule has 1 N–H and O–H groups in total. The number of ether oxygens (including phenoxy) is 2. The number of carbonyl (C=O) groups is 3. The van der Waals surface area contributed by atoms with Crippen molar-refractivity contribution in [3.05, 3.63) is 93.0 Å². The van der Waals surface area contributed by atoms with Gasteiger partial charge in [0, 0.05) is 16.8 Å². The number of carbonyl (C=O) groups excluding carboxylic acids is 3. The summed E-state index contributed by atoms with van der Waals surface area (Å²) >= 11 is 3.44. The molecule has 0 spiro atoms. The van der Waals surface area contributed by atoms with E-state index in [1.54, 1.807) is 36.4 Å². The summed E-state index contributed by atoms with van der Waals surface area (Å²) in [6, 6.07) is 17.5. The Hall–Kier alpha value is -3.71. The summed E-state index contributed by atoms with van der Waals surface area (Å²) in [5, 5.41) is 2.77. The van der Waals surface area contributed by atoms with E-state index in [-0.39, 0.29) is 29.7 Å². The second kappa shape index (κ2) is 9.42. The van der Waals surface area contributed by atoms with Crippen molar-refractivity contribution < 1.29 is 23.9 Å². The first-order chi connectivity index (χ1) is 15.9. The maximum atomic E-state index is 12.7. The molecular weight excluding hydrogens is 486 g/mol. The molecule has 3 aromatic carbocycles. The molecule has 0 bridgehead atoms. The van der Waals surface area contributed by atoms with Crippen molar-refractivity contribution in [2.75, 3.05) is 19.0 Å². The first-order valence-corrected chi connectivity index (χ1v) is 10.9. The zero-order valence-corrected chi connectivity index (χ0v) is 19.6. The number of rotatable bonds is 6. The summed E-state index contributed by atoms with van der Waals surface area (Å²) in [6.45, 7) is 1.74. The Morgan fingerprint density at radius 3 is 2.24 bits per heavy atom. The number of fused-ring (bicyclic) bond motifs is 1. The fourth-order valence-electron chi connectivity index (χ4n) is 3.51. The summed E-state index contributed by atoms with van der Waals surface area (Å²) in [7, 11) is 1.47. The average molecular weight is 506 g/mol. The van der Waals surface area contributed by atoms with Gasteiger partial charge in [-0.15, -0.1) is 0 Å². The molecule has 0 saturated heterocycles. The molecule has 6 nitrogen and oxygen atoms in total. The van der Waals surface area contributed by atoms with E-state index in [1.807, 2.05) is 31.2 Å². The van der Waals surface area contributed by atoms with Crippen LogP contribution in [0.2, 0.25) is 0 Å². The third kappa shape index (κ3) is 4.73. The van der Waals surface area contributed by atoms with E-state index in [4.69, 9.17) is 9.47 Å². The first-order valence-electron chi connectivity index (χ1n) is 10.1. The smallest absolute Gasteiger partial charge is 0.262 e. The van der Waals surface area contributed by atoms with Gasteiger partial charge in [0.15, 0.2) is 29.7 Å². The number of benzene rings is 3. The van der Waals surface area contributed by atoms with Crippen molar-refractivity contribution in [2.24, 2.45) is 0 Å². The Kier molecular flexibility index (Phi) is 6.42. The zero-order valence-electron chi connectivity index (χ0n) is 18.0. The number of methoxy groups -OCH3 is 1. The molecule has 0 saturated carbocycles. The normalized spacial score (nSPS) is 12.4. The van der Waals surface area contributed by atoms with E-state index < -0.39 is 0 Å². The third-order valence-electron chi connectivity index (χ3n) is 5.15. The number of allylic oxidation sites excluding steroid dienone is 1. The molecule has 0 radical (unpaired) electrons. The number of halogens is 1. The SMILES string of the molecule is COc1cc(C=C2C(=O)c3ccccc3C2=O)cc(Br)c1OCC(=O)Nc1ccc(C)cc1. The predicted octanol–water partition coefficient (Wildman–Crippen LogP) is 5.25. The van der Waals surface area contributed by atoms with Gasteiger partial charge in [-0.1, -0.05) is 42.0 Å². The van der Waals surface area contributed by atoms with Gasteiger partial charge in [0.2, 0.25) is 0 Å². The van der Waals surface area contributed by atoms with E-state index in [1.165, 1.54) is 13.2 Å². The topological polar surface area (TPSA) is 81.7 Å². The minimum absolute atomic E-state index is 0.0938. The van der Waals surface area contributed by atoms with E-state index in [0.717, 1.165) is 5.56 Å². The summed E-state index contributed by atoms with van der Waals surface area (Å²) in [4.78, 5) is 37.6. The Balaban J connectivity index is 1.52. The van der Waals surface area contributed by atoms with Gasteiger partial charge in [0.1, 0.15) is 0 Å². The fourth-order valence-corrected chi connectivity index (χ4v) is 4.08. The Morgan fingerprint density at radius 2 is 1.64 bits per heavy atom.